The zero-order chi connectivity index (χ0) is 17.6. The number of aliphatic hydroxyl groups is 1. The molecule has 0 fully saturated rings. The lowest BCUT2D eigenvalue weighted by Gasteiger charge is -2.14. The molecule has 1 rings (SSSR count). The van der Waals surface area contributed by atoms with Crippen molar-refractivity contribution in [1.29, 1.82) is 0 Å². The lowest BCUT2D eigenvalue weighted by atomic mass is 10.1. The number of carbonyl (C=O) groups is 1. The van der Waals surface area contributed by atoms with E-state index in [0.717, 1.165) is 18.3 Å². The summed E-state index contributed by atoms with van der Waals surface area (Å²) in [5, 5.41) is 9.75. The Bertz CT molecular complexity index is 618. The van der Waals surface area contributed by atoms with Gasteiger partial charge in [-0.3, -0.25) is 5.84 Å². The maximum atomic E-state index is 12.6. The van der Waals surface area contributed by atoms with E-state index in [-0.39, 0.29) is 16.0 Å². The molecule has 1 unspecified atom stereocenters. The normalized spacial score (nSPS) is 13.4. The van der Waals surface area contributed by atoms with Gasteiger partial charge in [0.2, 0.25) is 0 Å². The molecule has 1 atom stereocenters. The third-order valence-electron chi connectivity index (χ3n) is 2.73. The van der Waals surface area contributed by atoms with Crippen molar-refractivity contribution in [2.45, 2.75) is 18.9 Å². The van der Waals surface area contributed by atoms with Gasteiger partial charge in [-0.25, -0.2) is 4.79 Å². The van der Waals surface area contributed by atoms with Crippen molar-refractivity contribution in [2.24, 2.45) is 5.84 Å². The number of aliphatic hydroxyl groups excluding tert-OH is 1. The lowest BCUT2D eigenvalue weighted by Crippen LogP contribution is -2.22. The summed E-state index contributed by atoms with van der Waals surface area (Å²) in [6.07, 6.45) is -4.79. The molecule has 4 N–H and O–H groups in total. The minimum absolute atomic E-state index is 0.0218. The van der Waals surface area contributed by atoms with Crippen molar-refractivity contribution < 1.29 is 27.8 Å². The number of nitrogens with two attached hydrogens (primary N) is 1. The predicted molar refractivity (Wildman–Crippen MR) is 80.8 cm³/mol. The number of esters is 1. The summed E-state index contributed by atoms with van der Waals surface area (Å²) in [5.41, 5.74) is 1.10. The van der Waals surface area contributed by atoms with Gasteiger partial charge in [0.15, 0.2) is 0 Å². The molecule has 126 valence electrons. The Kier molecular flexibility index (Phi) is 6.67. The Morgan fingerprint density at radius 3 is 2.74 bits per heavy atom. The highest BCUT2D eigenvalue weighted by Gasteiger charge is 2.30. The molecule has 0 aliphatic rings. The molecular weight excluding hydrogens is 333 g/mol. The summed E-state index contributed by atoms with van der Waals surface area (Å²) in [4.78, 5) is 11.8. The van der Waals surface area contributed by atoms with Crippen LogP contribution in [0.2, 0.25) is 0 Å². The molecule has 0 saturated heterocycles. The van der Waals surface area contributed by atoms with Crippen LogP contribution >= 0.6 is 12.6 Å². The molecule has 0 radical (unpaired) electrons. The Morgan fingerprint density at radius 2 is 2.17 bits per heavy atom. The first-order valence-corrected chi connectivity index (χ1v) is 6.66. The van der Waals surface area contributed by atoms with Crippen LogP contribution in [0.15, 0.2) is 47.5 Å². The summed E-state index contributed by atoms with van der Waals surface area (Å²) in [5.74, 6) is 4.04. The maximum Gasteiger partial charge on any atom is 0.416 e. The van der Waals surface area contributed by atoms with Gasteiger partial charge in [0.05, 0.1) is 11.1 Å². The predicted octanol–water partition coefficient (Wildman–Crippen LogP) is 1.90. The van der Waals surface area contributed by atoms with Gasteiger partial charge in [-0.1, -0.05) is 18.7 Å². The SMILES string of the molecule is C=C(C(=O)OCc1cccc(C(F)(F)F)c1)C(O)/C(S)=C/NN. The van der Waals surface area contributed by atoms with Gasteiger partial charge in [-0.05, 0) is 17.7 Å². The molecule has 1 aromatic carbocycles. The van der Waals surface area contributed by atoms with Gasteiger partial charge in [0.1, 0.15) is 12.7 Å². The number of thiol groups is 1. The highest BCUT2D eigenvalue weighted by Crippen LogP contribution is 2.29. The lowest BCUT2D eigenvalue weighted by molar-refractivity contribution is -0.141. The summed E-state index contributed by atoms with van der Waals surface area (Å²) < 4.78 is 42.6. The zero-order valence-electron chi connectivity index (χ0n) is 11.8. The van der Waals surface area contributed by atoms with Crippen LogP contribution in [0.4, 0.5) is 13.2 Å². The van der Waals surface area contributed by atoms with Crippen LogP contribution in [-0.2, 0) is 22.3 Å². The number of hydrazine groups is 1. The van der Waals surface area contributed by atoms with Gasteiger partial charge in [0, 0.05) is 11.1 Å². The number of rotatable bonds is 6. The number of hydrogen-bond acceptors (Lipinski definition) is 6. The fourth-order valence-corrected chi connectivity index (χ4v) is 1.76. The van der Waals surface area contributed by atoms with Crippen molar-refractivity contribution in [1.82, 2.24) is 5.43 Å². The fraction of sp³-hybridized carbons (Fsp3) is 0.214. The third-order valence-corrected chi connectivity index (χ3v) is 3.10. The number of hydrogen-bond donors (Lipinski definition) is 4. The molecule has 0 aliphatic heterocycles. The number of nitrogens with one attached hydrogen (secondary N) is 1. The first-order valence-electron chi connectivity index (χ1n) is 6.22. The van der Waals surface area contributed by atoms with Crippen LogP contribution in [0, 0.1) is 0 Å². The first-order chi connectivity index (χ1) is 10.7. The van der Waals surface area contributed by atoms with Crippen molar-refractivity contribution >= 4 is 18.6 Å². The highest BCUT2D eigenvalue weighted by molar-refractivity contribution is 7.84. The molecule has 0 aliphatic carbocycles. The van der Waals surface area contributed by atoms with Crippen molar-refractivity contribution in [2.75, 3.05) is 0 Å². The summed E-state index contributed by atoms with van der Waals surface area (Å²) in [7, 11) is 0. The second kappa shape index (κ2) is 8.04. The molecule has 0 aromatic heterocycles. The Labute approximate surface area is 136 Å². The minimum Gasteiger partial charge on any atom is -0.457 e. The van der Waals surface area contributed by atoms with Crippen LogP contribution in [0.25, 0.3) is 0 Å². The van der Waals surface area contributed by atoms with Gasteiger partial charge < -0.3 is 15.3 Å². The van der Waals surface area contributed by atoms with E-state index < -0.39 is 30.4 Å². The van der Waals surface area contributed by atoms with E-state index in [1.165, 1.54) is 12.1 Å². The molecule has 5 nitrogen and oxygen atoms in total. The van der Waals surface area contributed by atoms with Crippen LogP contribution in [0.5, 0.6) is 0 Å². The van der Waals surface area contributed by atoms with Gasteiger partial charge in [0.25, 0.3) is 0 Å². The first kappa shape index (κ1) is 19.1. The standard InChI is InChI=1S/C14H15F3N2O3S/c1-8(12(20)11(23)6-19-18)13(21)22-7-9-3-2-4-10(5-9)14(15,16)17/h2-6,12,19-20,23H,1,7,18H2/b11-6-. The highest BCUT2D eigenvalue weighted by atomic mass is 32.1. The number of ether oxygens (including phenoxy) is 1. The Morgan fingerprint density at radius 1 is 1.52 bits per heavy atom. The topological polar surface area (TPSA) is 84.6 Å². The molecule has 0 spiro atoms. The Hall–Kier alpha value is -1.97. The monoisotopic (exact) mass is 348 g/mol. The third kappa shape index (κ3) is 5.62. The van der Waals surface area contributed by atoms with Crippen LogP contribution < -0.4 is 11.3 Å². The van der Waals surface area contributed by atoms with Gasteiger partial charge in [-0.15, -0.1) is 12.6 Å². The smallest absolute Gasteiger partial charge is 0.416 e. The molecular formula is C14H15F3N2O3S. The number of benzene rings is 1. The molecule has 0 heterocycles. The molecule has 0 amide bonds. The average molecular weight is 348 g/mol. The zero-order valence-corrected chi connectivity index (χ0v) is 12.7. The van der Waals surface area contributed by atoms with Crippen molar-refractivity contribution in [3.05, 3.63) is 58.6 Å². The molecule has 9 heteroatoms. The summed E-state index contributed by atoms with van der Waals surface area (Å²) in [6, 6.07) is 4.36. The van der Waals surface area contributed by atoms with E-state index in [0.29, 0.717) is 0 Å². The molecule has 0 saturated carbocycles. The van der Waals surface area contributed by atoms with Crippen LogP contribution in [0.3, 0.4) is 0 Å². The Balaban J connectivity index is 2.70. The van der Waals surface area contributed by atoms with E-state index in [9.17, 15) is 23.1 Å². The number of halogens is 3. The molecule has 0 bridgehead atoms. The number of alkyl halides is 3. The molecule has 23 heavy (non-hydrogen) atoms. The van der Waals surface area contributed by atoms with E-state index in [1.807, 2.05) is 0 Å². The van der Waals surface area contributed by atoms with Crippen molar-refractivity contribution in [3.8, 4) is 0 Å². The van der Waals surface area contributed by atoms with Crippen LogP contribution in [-0.4, -0.2) is 17.2 Å². The van der Waals surface area contributed by atoms with E-state index in [4.69, 9.17) is 10.6 Å². The molecule has 1 aromatic rings. The number of carbonyl (C=O) groups excluding carboxylic acids is 1. The van der Waals surface area contributed by atoms with E-state index in [2.05, 4.69) is 24.6 Å². The summed E-state index contributed by atoms with van der Waals surface area (Å²) in [6.45, 7) is 2.97. The van der Waals surface area contributed by atoms with E-state index >= 15 is 0 Å². The second-order valence-electron chi connectivity index (χ2n) is 4.44. The average Bonchev–Trinajstić information content (AvgIpc) is 2.50. The van der Waals surface area contributed by atoms with Crippen LogP contribution in [0.1, 0.15) is 11.1 Å². The maximum absolute atomic E-state index is 12.6. The van der Waals surface area contributed by atoms with Gasteiger partial charge in [-0.2, -0.15) is 13.2 Å². The quantitative estimate of drug-likeness (QED) is 0.207. The summed E-state index contributed by atoms with van der Waals surface area (Å²) >= 11 is 3.90. The van der Waals surface area contributed by atoms with Crippen molar-refractivity contribution in [3.63, 3.8) is 0 Å². The largest absolute Gasteiger partial charge is 0.457 e. The van der Waals surface area contributed by atoms with Gasteiger partial charge >= 0.3 is 12.1 Å². The fourth-order valence-electron chi connectivity index (χ4n) is 1.53. The minimum atomic E-state index is -4.49. The van der Waals surface area contributed by atoms with E-state index in [1.54, 1.807) is 0 Å². The second-order valence-corrected chi connectivity index (χ2v) is 4.95.